The number of hydrogen-bond donors (Lipinski definition) is 1. The second kappa shape index (κ2) is 11.4. The van der Waals surface area contributed by atoms with Crippen molar-refractivity contribution < 1.29 is 9.47 Å². The Hall–Kier alpha value is -2.74. The number of H-pyrrole nitrogens is 1. The van der Waals surface area contributed by atoms with Gasteiger partial charge in [-0.25, -0.2) is 4.79 Å². The van der Waals surface area contributed by atoms with E-state index in [9.17, 15) is 9.59 Å². The SMILES string of the molecule is O=c1[nH]c(=O)n([C@@H]2C[C@H](COCc3ccccc3)[C@@H](OCc3ccccc3)C2)cc1/C=C/Br. The quantitative estimate of drug-likeness (QED) is 0.454. The number of aromatic nitrogens is 2. The first-order valence-corrected chi connectivity index (χ1v) is 11.9. The zero-order chi connectivity index (χ0) is 23.0. The van der Waals surface area contributed by atoms with Crippen molar-refractivity contribution in [1.29, 1.82) is 0 Å². The summed E-state index contributed by atoms with van der Waals surface area (Å²) in [7, 11) is 0. The van der Waals surface area contributed by atoms with Crippen molar-refractivity contribution in [1.82, 2.24) is 9.55 Å². The fraction of sp³-hybridized carbons (Fsp3) is 0.308. The molecule has 1 N–H and O–H groups in total. The zero-order valence-electron chi connectivity index (χ0n) is 18.2. The van der Waals surface area contributed by atoms with E-state index in [-0.39, 0.29) is 18.1 Å². The third-order valence-corrected chi connectivity index (χ3v) is 6.25. The minimum absolute atomic E-state index is 0.0556. The van der Waals surface area contributed by atoms with Gasteiger partial charge in [0, 0.05) is 18.2 Å². The minimum atomic E-state index is -0.399. The van der Waals surface area contributed by atoms with Crippen LogP contribution in [0.5, 0.6) is 0 Å². The van der Waals surface area contributed by atoms with Crippen LogP contribution in [0.4, 0.5) is 0 Å². The Labute approximate surface area is 201 Å². The topological polar surface area (TPSA) is 73.3 Å². The van der Waals surface area contributed by atoms with Gasteiger partial charge >= 0.3 is 5.69 Å². The van der Waals surface area contributed by atoms with Crippen molar-refractivity contribution in [2.24, 2.45) is 5.92 Å². The maximum absolute atomic E-state index is 12.6. The van der Waals surface area contributed by atoms with Crippen LogP contribution in [-0.4, -0.2) is 22.3 Å². The smallest absolute Gasteiger partial charge is 0.328 e. The molecular weight excluding hydrogens is 484 g/mol. The standard InChI is InChI=1S/C26H27BrN2O4/c27-12-11-21-15-29(26(31)28-25(21)30)23-13-22(18-32-16-19-7-3-1-4-8-19)24(14-23)33-17-20-9-5-2-6-10-20/h1-12,15,22-24H,13-14,16-18H2,(H,28,30,31)/b12-11+/t22-,23-,24+/m1/s1. The maximum atomic E-state index is 12.6. The van der Waals surface area contributed by atoms with Gasteiger partial charge < -0.3 is 9.47 Å². The molecule has 0 amide bonds. The van der Waals surface area contributed by atoms with Gasteiger partial charge in [0.05, 0.1) is 31.5 Å². The molecule has 6 nitrogen and oxygen atoms in total. The first-order chi connectivity index (χ1) is 16.1. The molecule has 172 valence electrons. The number of halogens is 1. The van der Waals surface area contributed by atoms with E-state index in [1.807, 2.05) is 60.7 Å². The number of hydrogen-bond acceptors (Lipinski definition) is 4. The third-order valence-electron chi connectivity index (χ3n) is 5.99. The van der Waals surface area contributed by atoms with Gasteiger partial charge in [0.15, 0.2) is 0 Å². The summed E-state index contributed by atoms with van der Waals surface area (Å²) in [6.45, 7) is 1.58. The number of nitrogens with one attached hydrogen (secondary N) is 1. The van der Waals surface area contributed by atoms with Crippen LogP contribution in [0.15, 0.2) is 81.4 Å². The number of rotatable bonds is 9. The molecule has 3 atom stereocenters. The molecule has 4 rings (SSSR count). The highest BCUT2D eigenvalue weighted by molar-refractivity contribution is 9.11. The largest absolute Gasteiger partial charge is 0.376 e. The van der Waals surface area contributed by atoms with E-state index in [4.69, 9.17) is 9.47 Å². The van der Waals surface area contributed by atoms with Crippen molar-refractivity contribution in [2.75, 3.05) is 6.61 Å². The lowest BCUT2D eigenvalue weighted by Gasteiger charge is -2.20. The average molecular weight is 511 g/mol. The third kappa shape index (κ3) is 6.19. The van der Waals surface area contributed by atoms with Crippen molar-refractivity contribution in [3.8, 4) is 0 Å². The van der Waals surface area contributed by atoms with Crippen LogP contribution in [0.3, 0.4) is 0 Å². The van der Waals surface area contributed by atoms with Gasteiger partial charge in [-0.1, -0.05) is 76.6 Å². The van der Waals surface area contributed by atoms with Gasteiger partial charge in [0.1, 0.15) is 0 Å². The van der Waals surface area contributed by atoms with E-state index in [0.29, 0.717) is 31.8 Å². The van der Waals surface area contributed by atoms with Crippen molar-refractivity contribution >= 4 is 22.0 Å². The summed E-state index contributed by atoms with van der Waals surface area (Å²) in [6.07, 6.45) is 4.62. The van der Waals surface area contributed by atoms with E-state index in [1.54, 1.807) is 21.8 Å². The molecule has 33 heavy (non-hydrogen) atoms. The summed E-state index contributed by atoms with van der Waals surface area (Å²) >= 11 is 3.20. The van der Waals surface area contributed by atoms with Crippen LogP contribution < -0.4 is 11.2 Å². The minimum Gasteiger partial charge on any atom is -0.376 e. The highest BCUT2D eigenvalue weighted by atomic mass is 79.9. The average Bonchev–Trinajstić information content (AvgIpc) is 3.23. The fourth-order valence-corrected chi connectivity index (χ4v) is 4.59. The van der Waals surface area contributed by atoms with Crippen LogP contribution >= 0.6 is 15.9 Å². The van der Waals surface area contributed by atoms with Crippen LogP contribution in [0.25, 0.3) is 6.08 Å². The highest BCUT2D eigenvalue weighted by Crippen LogP contribution is 2.37. The normalized spacial score (nSPS) is 20.5. The van der Waals surface area contributed by atoms with E-state index in [0.717, 1.165) is 17.5 Å². The number of aromatic amines is 1. The number of benzene rings is 2. The second-order valence-electron chi connectivity index (χ2n) is 8.26. The monoisotopic (exact) mass is 510 g/mol. The molecule has 2 aromatic carbocycles. The Kier molecular flexibility index (Phi) is 8.10. The molecule has 0 unspecified atom stereocenters. The van der Waals surface area contributed by atoms with E-state index < -0.39 is 11.2 Å². The number of ether oxygens (including phenoxy) is 2. The number of nitrogens with zero attached hydrogens (tertiary/aromatic N) is 1. The molecule has 0 bridgehead atoms. The summed E-state index contributed by atoms with van der Waals surface area (Å²) in [5.41, 5.74) is 1.86. The van der Waals surface area contributed by atoms with Crippen molar-refractivity contribution in [2.45, 2.75) is 38.2 Å². The van der Waals surface area contributed by atoms with Gasteiger partial charge in [-0.05, 0) is 35.0 Å². The van der Waals surface area contributed by atoms with Crippen LogP contribution in [0.2, 0.25) is 0 Å². The van der Waals surface area contributed by atoms with Gasteiger partial charge in [-0.2, -0.15) is 0 Å². The summed E-state index contributed by atoms with van der Waals surface area (Å²) in [6, 6.07) is 20.0. The molecule has 1 aliphatic carbocycles. The Bertz CT molecular complexity index is 1170. The van der Waals surface area contributed by atoms with E-state index >= 15 is 0 Å². The molecule has 1 heterocycles. The molecule has 0 spiro atoms. The van der Waals surface area contributed by atoms with Crippen molar-refractivity contribution in [3.05, 3.63) is 109 Å². The van der Waals surface area contributed by atoms with Gasteiger partial charge in [0.2, 0.25) is 0 Å². The second-order valence-corrected chi connectivity index (χ2v) is 8.79. The summed E-state index contributed by atoms with van der Waals surface area (Å²) < 4.78 is 14.0. The Morgan fingerprint density at radius 1 is 0.970 bits per heavy atom. The van der Waals surface area contributed by atoms with Crippen LogP contribution in [0, 0.1) is 5.92 Å². The molecule has 0 aliphatic heterocycles. The lowest BCUT2D eigenvalue weighted by molar-refractivity contribution is -0.0190. The predicted molar refractivity (Wildman–Crippen MR) is 132 cm³/mol. The Balaban J connectivity index is 1.49. The van der Waals surface area contributed by atoms with Crippen LogP contribution in [-0.2, 0) is 22.7 Å². The molecule has 1 aliphatic rings. The fourth-order valence-electron chi connectivity index (χ4n) is 4.30. The Morgan fingerprint density at radius 3 is 2.30 bits per heavy atom. The molecule has 7 heteroatoms. The molecule has 1 saturated carbocycles. The van der Waals surface area contributed by atoms with E-state index in [1.165, 1.54) is 0 Å². The lowest BCUT2D eigenvalue weighted by Crippen LogP contribution is -2.32. The predicted octanol–water partition coefficient (Wildman–Crippen LogP) is 4.66. The summed E-state index contributed by atoms with van der Waals surface area (Å²) in [4.78, 5) is 28.7. The lowest BCUT2D eigenvalue weighted by atomic mass is 10.1. The first-order valence-electron chi connectivity index (χ1n) is 11.0. The van der Waals surface area contributed by atoms with Gasteiger partial charge in [0.25, 0.3) is 5.56 Å². The molecule has 0 radical (unpaired) electrons. The van der Waals surface area contributed by atoms with Gasteiger partial charge in [-0.3, -0.25) is 14.3 Å². The molecular formula is C26H27BrN2O4. The Morgan fingerprint density at radius 2 is 1.64 bits per heavy atom. The van der Waals surface area contributed by atoms with Crippen molar-refractivity contribution in [3.63, 3.8) is 0 Å². The molecule has 3 aromatic rings. The maximum Gasteiger partial charge on any atom is 0.328 e. The van der Waals surface area contributed by atoms with Crippen LogP contribution in [0.1, 0.15) is 35.6 Å². The molecule has 1 fully saturated rings. The summed E-state index contributed by atoms with van der Waals surface area (Å²) in [5, 5.41) is 0. The molecule has 1 aromatic heterocycles. The highest BCUT2D eigenvalue weighted by Gasteiger charge is 2.36. The van der Waals surface area contributed by atoms with E-state index in [2.05, 4.69) is 20.9 Å². The van der Waals surface area contributed by atoms with Gasteiger partial charge in [-0.15, -0.1) is 0 Å². The molecule has 0 saturated heterocycles. The first kappa shape index (κ1) is 23.4. The zero-order valence-corrected chi connectivity index (χ0v) is 19.8. The summed E-state index contributed by atoms with van der Waals surface area (Å²) in [5.74, 6) is 0.136.